The second kappa shape index (κ2) is 4.55. The number of fused-ring (bicyclic) bond motifs is 5. The molecule has 4 saturated carbocycles. The number of carbonyl (C=O) groups is 1. The Morgan fingerprint density at radius 2 is 1.77 bits per heavy atom. The molecule has 0 aromatic carbocycles. The van der Waals surface area contributed by atoms with Crippen LogP contribution < -0.4 is 0 Å². The van der Waals surface area contributed by atoms with Gasteiger partial charge in [-0.15, -0.1) is 0 Å². The van der Waals surface area contributed by atoms with Crippen molar-refractivity contribution in [1.29, 1.82) is 0 Å². The average molecular weight is 308 g/mol. The van der Waals surface area contributed by atoms with Crippen molar-refractivity contribution < 1.29 is 14.3 Å². The molecule has 0 radical (unpaired) electrons. The van der Waals surface area contributed by atoms with Gasteiger partial charge in [-0.1, -0.05) is 26.7 Å². The van der Waals surface area contributed by atoms with Crippen LogP contribution in [-0.4, -0.2) is 16.7 Å². The van der Waals surface area contributed by atoms with Crippen LogP contribution in [0.1, 0.15) is 71.6 Å². The molecule has 0 bridgehead atoms. The Labute approximate surface area is 132 Å². The van der Waals surface area contributed by atoms with Gasteiger partial charge in [0, 0.05) is 24.2 Å². The fraction of sp³-hybridized carbons (Fsp3) is 0.947. The minimum Gasteiger partial charge on any atom is -0.361 e. The SMILES string of the molecule is C[C@]12CCCCC1CC(=O)[C@@H]1[C@H]2CC[C@@]2(C)[C@H]1CCC2(O)F. The van der Waals surface area contributed by atoms with Gasteiger partial charge in [0.1, 0.15) is 5.78 Å². The molecular formula is C19H29FO2. The Kier molecular flexibility index (Phi) is 3.13. The maximum absolute atomic E-state index is 14.7. The van der Waals surface area contributed by atoms with E-state index in [4.69, 9.17) is 0 Å². The lowest BCUT2D eigenvalue weighted by molar-refractivity contribution is -0.206. The highest BCUT2D eigenvalue weighted by molar-refractivity contribution is 5.83. The smallest absolute Gasteiger partial charge is 0.212 e. The summed E-state index contributed by atoms with van der Waals surface area (Å²) in [5.74, 6) is -0.678. The second-order valence-electron chi connectivity index (χ2n) is 9.11. The van der Waals surface area contributed by atoms with E-state index in [0.717, 1.165) is 12.8 Å². The van der Waals surface area contributed by atoms with Crippen LogP contribution in [0.5, 0.6) is 0 Å². The van der Waals surface area contributed by atoms with Gasteiger partial charge >= 0.3 is 0 Å². The van der Waals surface area contributed by atoms with Crippen LogP contribution >= 0.6 is 0 Å². The van der Waals surface area contributed by atoms with Crippen molar-refractivity contribution in [2.45, 2.75) is 77.5 Å². The van der Waals surface area contributed by atoms with Gasteiger partial charge in [-0.25, -0.2) is 4.39 Å². The first-order chi connectivity index (χ1) is 10.3. The first-order valence-corrected chi connectivity index (χ1v) is 9.24. The van der Waals surface area contributed by atoms with E-state index in [-0.39, 0.29) is 23.7 Å². The summed E-state index contributed by atoms with van der Waals surface area (Å²) in [7, 11) is 0. The van der Waals surface area contributed by atoms with Gasteiger partial charge < -0.3 is 5.11 Å². The molecule has 0 spiro atoms. The Morgan fingerprint density at radius 3 is 2.55 bits per heavy atom. The van der Waals surface area contributed by atoms with Gasteiger partial charge in [0.25, 0.3) is 0 Å². The summed E-state index contributed by atoms with van der Waals surface area (Å²) in [6.07, 6.45) is 8.21. The fourth-order valence-electron chi connectivity index (χ4n) is 6.92. The first kappa shape index (κ1) is 15.1. The highest BCUT2D eigenvalue weighted by Gasteiger charge is 2.66. The molecule has 0 aromatic rings. The molecule has 2 nitrogen and oxygen atoms in total. The molecule has 1 N–H and O–H groups in total. The van der Waals surface area contributed by atoms with Gasteiger partial charge in [-0.05, 0) is 55.3 Å². The van der Waals surface area contributed by atoms with Crippen molar-refractivity contribution >= 4 is 5.78 Å². The minimum absolute atomic E-state index is 0.00266. The van der Waals surface area contributed by atoms with Crippen molar-refractivity contribution in [3.63, 3.8) is 0 Å². The maximum Gasteiger partial charge on any atom is 0.212 e. The second-order valence-corrected chi connectivity index (χ2v) is 9.11. The lowest BCUT2D eigenvalue weighted by atomic mass is 9.45. The molecule has 3 heteroatoms. The Morgan fingerprint density at radius 1 is 1.05 bits per heavy atom. The van der Waals surface area contributed by atoms with Gasteiger partial charge in [0.2, 0.25) is 5.85 Å². The third-order valence-electron chi connectivity index (χ3n) is 8.44. The summed E-state index contributed by atoms with van der Waals surface area (Å²) >= 11 is 0. The predicted molar refractivity (Wildman–Crippen MR) is 82.8 cm³/mol. The molecule has 4 rings (SSSR count). The van der Waals surface area contributed by atoms with E-state index >= 15 is 0 Å². The van der Waals surface area contributed by atoms with E-state index in [0.29, 0.717) is 30.5 Å². The quantitative estimate of drug-likeness (QED) is 0.726. The number of hydrogen-bond acceptors (Lipinski definition) is 2. The molecule has 0 saturated heterocycles. The number of aliphatic hydroxyl groups is 1. The number of rotatable bonds is 0. The zero-order valence-electron chi connectivity index (χ0n) is 13.9. The molecule has 4 fully saturated rings. The van der Waals surface area contributed by atoms with Crippen LogP contribution in [0.25, 0.3) is 0 Å². The van der Waals surface area contributed by atoms with Crippen LogP contribution in [0.2, 0.25) is 0 Å². The number of halogens is 1. The van der Waals surface area contributed by atoms with Crippen LogP contribution in [0.15, 0.2) is 0 Å². The molecule has 0 aliphatic heterocycles. The molecule has 4 aliphatic carbocycles. The molecule has 0 aromatic heterocycles. The van der Waals surface area contributed by atoms with Gasteiger partial charge in [0.15, 0.2) is 0 Å². The van der Waals surface area contributed by atoms with E-state index in [1.165, 1.54) is 25.7 Å². The lowest BCUT2D eigenvalue weighted by Gasteiger charge is -2.59. The highest BCUT2D eigenvalue weighted by atomic mass is 19.2. The zero-order chi connectivity index (χ0) is 15.8. The molecule has 4 aliphatic rings. The number of carbonyl (C=O) groups excluding carboxylic acids is 1. The van der Waals surface area contributed by atoms with E-state index < -0.39 is 11.3 Å². The van der Waals surface area contributed by atoms with Crippen LogP contribution in [0.3, 0.4) is 0 Å². The van der Waals surface area contributed by atoms with E-state index in [1.807, 2.05) is 6.92 Å². The van der Waals surface area contributed by atoms with Gasteiger partial charge in [0.05, 0.1) is 0 Å². The van der Waals surface area contributed by atoms with Crippen molar-refractivity contribution in [3.05, 3.63) is 0 Å². The van der Waals surface area contributed by atoms with Crippen molar-refractivity contribution in [2.24, 2.45) is 34.5 Å². The highest BCUT2D eigenvalue weighted by Crippen LogP contribution is 2.67. The van der Waals surface area contributed by atoms with E-state index in [2.05, 4.69) is 6.92 Å². The normalized spacial score (nSPS) is 57.9. The van der Waals surface area contributed by atoms with Gasteiger partial charge in [-0.3, -0.25) is 4.79 Å². The molecule has 0 heterocycles. The summed E-state index contributed by atoms with van der Waals surface area (Å²) in [5, 5.41) is 10.2. The summed E-state index contributed by atoms with van der Waals surface area (Å²) in [6, 6.07) is 0. The molecule has 0 amide bonds. The minimum atomic E-state index is -2.08. The maximum atomic E-state index is 14.7. The van der Waals surface area contributed by atoms with Crippen LogP contribution in [0.4, 0.5) is 4.39 Å². The van der Waals surface area contributed by atoms with Crippen LogP contribution in [-0.2, 0) is 4.79 Å². The van der Waals surface area contributed by atoms with Crippen LogP contribution in [0, 0.1) is 34.5 Å². The van der Waals surface area contributed by atoms with E-state index in [1.54, 1.807) is 0 Å². The van der Waals surface area contributed by atoms with Gasteiger partial charge in [-0.2, -0.15) is 0 Å². The monoisotopic (exact) mass is 308 g/mol. The van der Waals surface area contributed by atoms with Crippen molar-refractivity contribution in [2.75, 3.05) is 0 Å². The summed E-state index contributed by atoms with van der Waals surface area (Å²) in [6.45, 7) is 4.30. The fourth-order valence-corrected chi connectivity index (χ4v) is 6.92. The average Bonchev–Trinajstić information content (AvgIpc) is 2.70. The van der Waals surface area contributed by atoms with E-state index in [9.17, 15) is 14.3 Å². The van der Waals surface area contributed by atoms with Crippen molar-refractivity contribution in [1.82, 2.24) is 0 Å². The summed E-state index contributed by atoms with van der Waals surface area (Å²) < 4.78 is 14.7. The Balaban J connectivity index is 1.72. The summed E-state index contributed by atoms with van der Waals surface area (Å²) in [4.78, 5) is 12.9. The zero-order valence-corrected chi connectivity index (χ0v) is 13.9. The summed E-state index contributed by atoms with van der Waals surface area (Å²) in [5.41, 5.74) is -0.434. The topological polar surface area (TPSA) is 37.3 Å². The third kappa shape index (κ3) is 1.72. The largest absolute Gasteiger partial charge is 0.361 e. The third-order valence-corrected chi connectivity index (χ3v) is 8.44. The lowest BCUT2D eigenvalue weighted by Crippen LogP contribution is -2.58. The Bertz CT molecular complexity index is 502. The number of ketones is 1. The molecule has 7 atom stereocenters. The number of hydrogen-bond donors (Lipinski definition) is 1. The standard InChI is InChI=1S/C19H29FO2/c1-17-8-4-3-5-12(17)11-15(21)16-13(17)6-9-18(2)14(16)7-10-19(18,20)22/h12-14,16,22H,3-11H2,1-2H3/t12?,13-,14+,16-,17+,18+,19?/m1/s1. The first-order valence-electron chi connectivity index (χ1n) is 9.24. The van der Waals surface area contributed by atoms with Crippen molar-refractivity contribution in [3.8, 4) is 0 Å². The molecule has 2 unspecified atom stereocenters. The Hall–Kier alpha value is -0.440. The number of Topliss-reactive ketones (excluding diaryl/α,β-unsaturated/α-hetero) is 1. The molecular weight excluding hydrogens is 279 g/mol. The molecule has 22 heavy (non-hydrogen) atoms. The predicted octanol–water partition coefficient (Wildman–Crippen LogP) is 4.26. The number of alkyl halides is 1. The molecule has 124 valence electrons.